The van der Waals surface area contributed by atoms with E-state index >= 15 is 0 Å². The molecule has 4 nitrogen and oxygen atoms in total. The molecule has 1 aliphatic carbocycles. The second-order valence-electron chi connectivity index (χ2n) is 6.48. The third-order valence-corrected chi connectivity index (χ3v) is 5.63. The van der Waals surface area contributed by atoms with Crippen molar-refractivity contribution in [3.8, 4) is 0 Å². The predicted octanol–water partition coefficient (Wildman–Crippen LogP) is 3.30. The smallest absolute Gasteiger partial charge is 0.317 e. The largest absolute Gasteiger partial charge is 0.335 e. The van der Waals surface area contributed by atoms with Crippen molar-refractivity contribution >= 4 is 17.4 Å². The van der Waals surface area contributed by atoms with E-state index in [1.807, 2.05) is 16.2 Å². The first-order valence-corrected chi connectivity index (χ1v) is 9.49. The summed E-state index contributed by atoms with van der Waals surface area (Å²) < 4.78 is 0. The number of carbonyl (C=O) groups excluding carboxylic acids is 1. The normalized spacial score (nSPS) is 21.5. The van der Waals surface area contributed by atoms with Crippen LogP contribution >= 0.6 is 11.3 Å². The summed E-state index contributed by atoms with van der Waals surface area (Å²) in [5.74, 6) is 0. The van der Waals surface area contributed by atoms with Gasteiger partial charge in [-0.3, -0.25) is 4.90 Å². The highest BCUT2D eigenvalue weighted by Crippen LogP contribution is 2.18. The van der Waals surface area contributed by atoms with Gasteiger partial charge in [0.2, 0.25) is 0 Å². The first kappa shape index (κ1) is 15.8. The van der Waals surface area contributed by atoms with Crippen molar-refractivity contribution in [3.05, 3.63) is 22.4 Å². The van der Waals surface area contributed by atoms with Gasteiger partial charge in [0.15, 0.2) is 0 Å². The van der Waals surface area contributed by atoms with Crippen LogP contribution in [0, 0.1) is 0 Å². The molecule has 2 amide bonds. The Hall–Kier alpha value is -1.07. The molecule has 0 aromatic carbocycles. The van der Waals surface area contributed by atoms with E-state index in [0.717, 1.165) is 52.0 Å². The molecule has 0 spiro atoms. The molecular weight excluding hydrogens is 294 g/mol. The first-order valence-electron chi connectivity index (χ1n) is 8.61. The van der Waals surface area contributed by atoms with Gasteiger partial charge < -0.3 is 10.2 Å². The Balaban J connectivity index is 1.45. The number of nitrogens with zero attached hydrogens (tertiary/aromatic N) is 2. The Labute approximate surface area is 137 Å². The van der Waals surface area contributed by atoms with Crippen LogP contribution in [0.1, 0.15) is 43.4 Å². The second kappa shape index (κ2) is 7.97. The summed E-state index contributed by atoms with van der Waals surface area (Å²) >= 11 is 1.82. The summed E-state index contributed by atoms with van der Waals surface area (Å²) in [6.07, 6.45) is 7.24. The summed E-state index contributed by atoms with van der Waals surface area (Å²) in [5, 5.41) is 5.38. The molecule has 0 radical (unpaired) electrons. The highest BCUT2D eigenvalue weighted by atomic mass is 32.1. The van der Waals surface area contributed by atoms with E-state index in [0.29, 0.717) is 6.04 Å². The van der Waals surface area contributed by atoms with Gasteiger partial charge in [0.05, 0.1) is 0 Å². The third kappa shape index (κ3) is 4.46. The molecule has 1 saturated carbocycles. The minimum atomic E-state index is 0.157. The summed E-state index contributed by atoms with van der Waals surface area (Å²) in [5.41, 5.74) is 0. The van der Waals surface area contributed by atoms with Crippen molar-refractivity contribution < 1.29 is 4.79 Å². The van der Waals surface area contributed by atoms with Crippen LogP contribution < -0.4 is 5.32 Å². The molecule has 1 N–H and O–H groups in total. The highest BCUT2D eigenvalue weighted by molar-refractivity contribution is 7.09. The standard InChI is InChI=1S/C17H27N3OS/c21-17(18-15-6-2-1-3-7-15)20-10-5-9-19(11-12-20)14-16-8-4-13-22-16/h4,8,13,15H,1-3,5-7,9-12,14H2,(H,18,21). The lowest BCUT2D eigenvalue weighted by molar-refractivity contribution is 0.190. The van der Waals surface area contributed by atoms with Crippen molar-refractivity contribution in [2.24, 2.45) is 0 Å². The van der Waals surface area contributed by atoms with Gasteiger partial charge in [-0.25, -0.2) is 4.79 Å². The lowest BCUT2D eigenvalue weighted by Crippen LogP contribution is -2.46. The number of hydrogen-bond donors (Lipinski definition) is 1. The summed E-state index contributed by atoms with van der Waals surface area (Å²) in [7, 11) is 0. The van der Waals surface area contributed by atoms with Crippen LogP contribution in [-0.4, -0.2) is 48.1 Å². The lowest BCUT2D eigenvalue weighted by atomic mass is 9.96. The molecular formula is C17H27N3OS. The number of hydrogen-bond acceptors (Lipinski definition) is 3. The number of nitrogens with one attached hydrogen (secondary N) is 1. The van der Waals surface area contributed by atoms with E-state index in [2.05, 4.69) is 27.7 Å². The van der Waals surface area contributed by atoms with E-state index in [4.69, 9.17) is 0 Å². The lowest BCUT2D eigenvalue weighted by Gasteiger charge is -2.27. The maximum absolute atomic E-state index is 12.4. The quantitative estimate of drug-likeness (QED) is 0.927. The maximum atomic E-state index is 12.4. The van der Waals surface area contributed by atoms with Crippen LogP contribution in [0.2, 0.25) is 0 Å². The minimum absolute atomic E-state index is 0.157. The van der Waals surface area contributed by atoms with Crippen LogP contribution in [0.15, 0.2) is 17.5 Å². The van der Waals surface area contributed by atoms with E-state index < -0.39 is 0 Å². The van der Waals surface area contributed by atoms with Gasteiger partial charge in [0.25, 0.3) is 0 Å². The topological polar surface area (TPSA) is 35.6 Å². The molecule has 122 valence electrons. The summed E-state index contributed by atoms with van der Waals surface area (Å²) in [6.45, 7) is 4.83. The van der Waals surface area contributed by atoms with Crippen LogP contribution in [0.4, 0.5) is 4.79 Å². The fourth-order valence-electron chi connectivity index (χ4n) is 3.47. The Morgan fingerprint density at radius 1 is 1.14 bits per heavy atom. The Morgan fingerprint density at radius 2 is 2.00 bits per heavy atom. The van der Waals surface area contributed by atoms with Gasteiger partial charge in [-0.15, -0.1) is 11.3 Å². The molecule has 1 aromatic rings. The van der Waals surface area contributed by atoms with Crippen molar-refractivity contribution in [2.75, 3.05) is 26.2 Å². The monoisotopic (exact) mass is 321 g/mol. The number of amides is 2. The molecule has 1 aromatic heterocycles. The molecule has 3 rings (SSSR count). The number of carbonyl (C=O) groups is 1. The van der Waals surface area contributed by atoms with Crippen LogP contribution in [0.3, 0.4) is 0 Å². The van der Waals surface area contributed by atoms with E-state index in [9.17, 15) is 4.79 Å². The highest BCUT2D eigenvalue weighted by Gasteiger charge is 2.22. The zero-order valence-corrected chi connectivity index (χ0v) is 14.1. The van der Waals surface area contributed by atoms with Crippen molar-refractivity contribution in [2.45, 2.75) is 51.1 Å². The molecule has 0 atom stereocenters. The van der Waals surface area contributed by atoms with Gasteiger partial charge >= 0.3 is 6.03 Å². The fraction of sp³-hybridized carbons (Fsp3) is 0.706. The van der Waals surface area contributed by atoms with Gasteiger partial charge in [-0.1, -0.05) is 25.3 Å². The SMILES string of the molecule is O=C(NC1CCCCC1)N1CCCN(Cc2cccs2)CC1. The number of thiophene rings is 1. The number of rotatable bonds is 3. The van der Waals surface area contributed by atoms with Gasteiger partial charge in [0.1, 0.15) is 0 Å². The van der Waals surface area contributed by atoms with Crippen LogP contribution in [0.5, 0.6) is 0 Å². The number of urea groups is 1. The summed E-state index contributed by atoms with van der Waals surface area (Å²) in [6, 6.07) is 4.88. The Morgan fingerprint density at radius 3 is 2.77 bits per heavy atom. The summed E-state index contributed by atoms with van der Waals surface area (Å²) in [4.78, 5) is 18.3. The first-order chi connectivity index (χ1) is 10.8. The second-order valence-corrected chi connectivity index (χ2v) is 7.51. The zero-order chi connectivity index (χ0) is 15.2. The predicted molar refractivity (Wildman–Crippen MR) is 91.2 cm³/mol. The van der Waals surface area contributed by atoms with Gasteiger partial charge in [-0.2, -0.15) is 0 Å². The third-order valence-electron chi connectivity index (χ3n) is 4.77. The average molecular weight is 321 g/mol. The van der Waals surface area contributed by atoms with E-state index in [-0.39, 0.29) is 6.03 Å². The molecule has 2 aliphatic rings. The molecule has 5 heteroatoms. The zero-order valence-electron chi connectivity index (χ0n) is 13.3. The van der Waals surface area contributed by atoms with Gasteiger partial charge in [-0.05, 0) is 30.7 Å². The van der Waals surface area contributed by atoms with Gasteiger partial charge in [0, 0.05) is 43.6 Å². The molecule has 0 unspecified atom stereocenters. The Kier molecular flexibility index (Phi) is 5.73. The maximum Gasteiger partial charge on any atom is 0.317 e. The molecule has 2 heterocycles. The van der Waals surface area contributed by atoms with Crippen molar-refractivity contribution in [3.63, 3.8) is 0 Å². The molecule has 1 saturated heterocycles. The Bertz CT molecular complexity index is 456. The molecule has 22 heavy (non-hydrogen) atoms. The minimum Gasteiger partial charge on any atom is -0.335 e. The fourth-order valence-corrected chi connectivity index (χ4v) is 4.21. The molecule has 2 fully saturated rings. The van der Waals surface area contributed by atoms with Crippen molar-refractivity contribution in [1.29, 1.82) is 0 Å². The molecule has 0 bridgehead atoms. The average Bonchev–Trinajstić information content (AvgIpc) is 2.92. The van der Waals surface area contributed by atoms with Crippen molar-refractivity contribution in [1.82, 2.24) is 15.1 Å². The van der Waals surface area contributed by atoms with Crippen LogP contribution in [-0.2, 0) is 6.54 Å². The molecule has 1 aliphatic heterocycles. The van der Waals surface area contributed by atoms with Crippen LogP contribution in [0.25, 0.3) is 0 Å². The van der Waals surface area contributed by atoms with E-state index in [1.54, 1.807) is 0 Å². The van der Waals surface area contributed by atoms with E-state index in [1.165, 1.54) is 24.1 Å².